The Bertz CT molecular complexity index is 1210. The molecule has 0 aliphatic carbocycles. The Morgan fingerprint density at radius 1 is 1.17 bits per heavy atom. The van der Waals surface area contributed by atoms with E-state index in [0.29, 0.717) is 23.8 Å². The molecule has 1 fully saturated rings. The average molecular weight is 495 g/mol. The third-order valence-electron chi connectivity index (χ3n) is 6.97. The van der Waals surface area contributed by atoms with Gasteiger partial charge in [0.05, 0.1) is 5.92 Å². The van der Waals surface area contributed by atoms with E-state index >= 15 is 0 Å². The molecule has 2 aromatic carbocycles. The lowest BCUT2D eigenvalue weighted by Gasteiger charge is -2.34. The van der Waals surface area contributed by atoms with Crippen molar-refractivity contribution >= 4 is 34.1 Å². The predicted molar refractivity (Wildman–Crippen MR) is 145 cm³/mol. The summed E-state index contributed by atoms with van der Waals surface area (Å²) in [5.41, 5.74) is 3.06. The zero-order chi connectivity index (χ0) is 24.8. The maximum atomic E-state index is 13.4. The number of nitrogens with zero attached hydrogens (tertiary/aromatic N) is 2. The van der Waals surface area contributed by atoms with Crippen molar-refractivity contribution in [1.29, 1.82) is 0 Å². The summed E-state index contributed by atoms with van der Waals surface area (Å²) in [6, 6.07) is 15.5. The minimum Gasteiger partial charge on any atom is -0.366 e. The number of pyridine rings is 1. The molecule has 3 aromatic rings. The van der Waals surface area contributed by atoms with Crippen LogP contribution in [0.5, 0.6) is 0 Å². The van der Waals surface area contributed by atoms with E-state index in [0.717, 1.165) is 67.5 Å². The van der Waals surface area contributed by atoms with Gasteiger partial charge in [-0.05, 0) is 62.7 Å². The Morgan fingerprint density at radius 3 is 2.69 bits per heavy atom. The van der Waals surface area contributed by atoms with Gasteiger partial charge in [0.15, 0.2) is 0 Å². The molecule has 1 aliphatic rings. The molecule has 2 N–H and O–H groups in total. The van der Waals surface area contributed by atoms with Gasteiger partial charge in [0.25, 0.3) is 5.56 Å². The highest BCUT2D eigenvalue weighted by atomic mass is 35.5. The van der Waals surface area contributed by atoms with E-state index in [9.17, 15) is 9.59 Å². The quantitative estimate of drug-likeness (QED) is 0.414. The molecule has 0 spiro atoms. The Hall–Kier alpha value is -2.83. The number of carbonyl (C=O) groups excluding carboxylic acids is 1. The van der Waals surface area contributed by atoms with Gasteiger partial charge in [-0.25, -0.2) is 0 Å². The second-order valence-corrected chi connectivity index (χ2v) is 9.63. The fourth-order valence-electron chi connectivity index (χ4n) is 5.05. The molecule has 0 radical (unpaired) electrons. The molecule has 2 heterocycles. The number of rotatable bonds is 9. The molecular formula is C28H35ClN4O2. The fraction of sp³-hybridized carbons (Fsp3) is 0.429. The first-order chi connectivity index (χ1) is 17.0. The number of carbonyl (C=O) groups is 1. The van der Waals surface area contributed by atoms with Crippen LogP contribution in [0.1, 0.15) is 33.1 Å². The lowest BCUT2D eigenvalue weighted by Crippen LogP contribution is -2.45. The number of amides is 1. The maximum absolute atomic E-state index is 13.4. The van der Waals surface area contributed by atoms with Gasteiger partial charge >= 0.3 is 0 Å². The Labute approximate surface area is 212 Å². The molecule has 35 heavy (non-hydrogen) atoms. The monoisotopic (exact) mass is 494 g/mol. The molecule has 1 saturated heterocycles. The number of halogens is 1. The van der Waals surface area contributed by atoms with Crippen LogP contribution in [-0.2, 0) is 4.79 Å². The van der Waals surface area contributed by atoms with Crippen molar-refractivity contribution in [1.82, 2.24) is 15.2 Å². The van der Waals surface area contributed by atoms with E-state index in [1.807, 2.05) is 42.5 Å². The molecule has 1 aromatic heterocycles. The minimum atomic E-state index is -0.143. The number of benzene rings is 2. The highest BCUT2D eigenvalue weighted by Gasteiger charge is 2.29. The summed E-state index contributed by atoms with van der Waals surface area (Å²) in [7, 11) is 0. The second-order valence-electron chi connectivity index (χ2n) is 9.19. The molecule has 0 unspecified atom stereocenters. The maximum Gasteiger partial charge on any atom is 0.272 e. The number of piperidine rings is 1. The number of nitrogens with one attached hydrogen (secondary N) is 2. The number of H-pyrrole nitrogens is 1. The smallest absolute Gasteiger partial charge is 0.272 e. The normalized spacial score (nSPS) is 16.1. The fourth-order valence-corrected chi connectivity index (χ4v) is 5.22. The van der Waals surface area contributed by atoms with Crippen LogP contribution in [0.2, 0.25) is 5.02 Å². The molecule has 1 atom stereocenters. The summed E-state index contributed by atoms with van der Waals surface area (Å²) >= 11 is 6.36. The number of hydrogen-bond acceptors (Lipinski definition) is 4. The first kappa shape index (κ1) is 25.3. The molecule has 186 valence electrons. The van der Waals surface area contributed by atoms with Crippen LogP contribution in [0.25, 0.3) is 22.0 Å². The number of hydrogen-bond donors (Lipinski definition) is 2. The van der Waals surface area contributed by atoms with E-state index in [2.05, 4.69) is 33.9 Å². The van der Waals surface area contributed by atoms with Gasteiger partial charge in [0.2, 0.25) is 5.91 Å². The van der Waals surface area contributed by atoms with Crippen LogP contribution in [0.3, 0.4) is 0 Å². The molecule has 0 saturated carbocycles. The van der Waals surface area contributed by atoms with Crippen LogP contribution in [0.4, 0.5) is 5.69 Å². The number of fused-ring (bicyclic) bond motifs is 1. The highest BCUT2D eigenvalue weighted by Crippen LogP contribution is 2.37. The van der Waals surface area contributed by atoms with Crippen molar-refractivity contribution in [3.63, 3.8) is 0 Å². The Kier molecular flexibility index (Phi) is 8.47. The van der Waals surface area contributed by atoms with Crippen LogP contribution in [0, 0.1) is 5.92 Å². The van der Waals surface area contributed by atoms with Gasteiger partial charge in [0, 0.05) is 41.1 Å². The molecule has 4 rings (SSSR count). The van der Waals surface area contributed by atoms with Crippen molar-refractivity contribution < 1.29 is 4.79 Å². The molecule has 7 heteroatoms. The number of anilines is 1. The van der Waals surface area contributed by atoms with Crippen molar-refractivity contribution in [2.45, 2.75) is 33.1 Å². The van der Waals surface area contributed by atoms with E-state index in [-0.39, 0.29) is 17.4 Å². The summed E-state index contributed by atoms with van der Waals surface area (Å²) < 4.78 is 0. The highest BCUT2D eigenvalue weighted by molar-refractivity contribution is 6.31. The lowest BCUT2D eigenvalue weighted by atomic mass is 9.94. The van der Waals surface area contributed by atoms with Crippen molar-refractivity contribution in [2.24, 2.45) is 5.92 Å². The third-order valence-corrected chi connectivity index (χ3v) is 7.20. The van der Waals surface area contributed by atoms with E-state index in [4.69, 9.17) is 11.6 Å². The Balaban J connectivity index is 1.59. The molecule has 0 bridgehead atoms. The first-order valence-corrected chi connectivity index (χ1v) is 13.1. The van der Waals surface area contributed by atoms with Crippen LogP contribution < -0.4 is 15.8 Å². The first-order valence-electron chi connectivity index (χ1n) is 12.7. The topological polar surface area (TPSA) is 68.4 Å². The zero-order valence-electron chi connectivity index (χ0n) is 20.6. The van der Waals surface area contributed by atoms with Gasteiger partial charge in [-0.2, -0.15) is 0 Å². The van der Waals surface area contributed by atoms with Crippen LogP contribution in [-0.4, -0.2) is 55.1 Å². The average Bonchev–Trinajstić information content (AvgIpc) is 2.88. The molecule has 1 aliphatic heterocycles. The number of aromatic amines is 1. The molecule has 1 amide bonds. The summed E-state index contributed by atoms with van der Waals surface area (Å²) in [6.07, 6.45) is 2.63. The summed E-state index contributed by atoms with van der Waals surface area (Å²) in [5.74, 6) is -0.0638. The second kappa shape index (κ2) is 11.7. The zero-order valence-corrected chi connectivity index (χ0v) is 21.4. The van der Waals surface area contributed by atoms with Crippen molar-refractivity contribution in [3.05, 3.63) is 63.9 Å². The van der Waals surface area contributed by atoms with E-state index in [1.54, 1.807) is 6.07 Å². The molecular weight excluding hydrogens is 460 g/mol. The van der Waals surface area contributed by atoms with Crippen LogP contribution >= 0.6 is 11.6 Å². The number of aromatic nitrogens is 1. The predicted octanol–water partition coefficient (Wildman–Crippen LogP) is 4.91. The van der Waals surface area contributed by atoms with Crippen LogP contribution in [0.15, 0.2) is 53.3 Å². The van der Waals surface area contributed by atoms with Crippen molar-refractivity contribution in [2.75, 3.05) is 44.2 Å². The van der Waals surface area contributed by atoms with E-state index in [1.165, 1.54) is 0 Å². The van der Waals surface area contributed by atoms with Gasteiger partial charge in [-0.15, -0.1) is 0 Å². The molecule has 6 nitrogen and oxygen atoms in total. The third kappa shape index (κ3) is 5.88. The van der Waals surface area contributed by atoms with Crippen molar-refractivity contribution in [3.8, 4) is 11.1 Å². The van der Waals surface area contributed by atoms with E-state index < -0.39 is 0 Å². The largest absolute Gasteiger partial charge is 0.366 e. The van der Waals surface area contributed by atoms with Gasteiger partial charge < -0.3 is 20.1 Å². The Morgan fingerprint density at radius 2 is 1.94 bits per heavy atom. The summed E-state index contributed by atoms with van der Waals surface area (Å²) in [4.78, 5) is 33.9. The van der Waals surface area contributed by atoms with Gasteiger partial charge in [0.1, 0.15) is 5.69 Å². The minimum absolute atomic E-state index is 0.0794. The summed E-state index contributed by atoms with van der Waals surface area (Å²) in [6.45, 7) is 9.29. The SMILES string of the molecule is CCN(CC)CCCNC(=O)[C@H]1CCCN(c2c(-c3ccccc3)c3cc(Cl)ccc3[nH]c2=O)C1. The standard InChI is InChI=1S/C28H35ClN4O2/c1-3-32(4-2)16-9-15-30-27(34)21-12-8-17-33(19-21)26-25(20-10-6-5-7-11-20)23-18-22(29)13-14-24(23)31-28(26)35/h5-7,10-11,13-14,18,21H,3-4,8-9,12,15-17,19H2,1-2H3,(H,30,34)(H,31,35)/t21-/m0/s1. The summed E-state index contributed by atoms with van der Waals surface area (Å²) in [5, 5.41) is 4.65. The van der Waals surface area contributed by atoms with Gasteiger partial charge in [-0.3, -0.25) is 9.59 Å². The lowest BCUT2D eigenvalue weighted by molar-refractivity contribution is -0.125. The van der Waals surface area contributed by atoms with Gasteiger partial charge in [-0.1, -0.05) is 55.8 Å².